The Morgan fingerprint density at radius 3 is 2.90 bits per heavy atom. The van der Waals surface area contributed by atoms with E-state index in [1.165, 1.54) is 18.5 Å². The summed E-state index contributed by atoms with van der Waals surface area (Å²) >= 11 is 0. The molecule has 2 heterocycles. The van der Waals surface area contributed by atoms with Crippen molar-refractivity contribution < 1.29 is 9.13 Å². The van der Waals surface area contributed by atoms with Crippen molar-refractivity contribution in [1.82, 2.24) is 20.2 Å². The van der Waals surface area contributed by atoms with E-state index in [1.807, 2.05) is 6.92 Å². The van der Waals surface area contributed by atoms with E-state index in [9.17, 15) is 4.39 Å². The quantitative estimate of drug-likeness (QED) is 0.753. The summed E-state index contributed by atoms with van der Waals surface area (Å²) in [6.07, 6.45) is 3.14. The van der Waals surface area contributed by atoms with Crippen LogP contribution < -0.4 is 10.1 Å². The van der Waals surface area contributed by atoms with Gasteiger partial charge in [0.2, 0.25) is 0 Å². The van der Waals surface area contributed by atoms with Gasteiger partial charge in [0.1, 0.15) is 30.3 Å². The van der Waals surface area contributed by atoms with Gasteiger partial charge in [-0.3, -0.25) is 5.10 Å². The van der Waals surface area contributed by atoms with Crippen LogP contribution in [0.3, 0.4) is 0 Å². The molecule has 3 rings (SSSR count). The van der Waals surface area contributed by atoms with Gasteiger partial charge in [0, 0.05) is 0 Å². The smallest absolute Gasteiger partial charge is 0.160 e. The number of anilines is 1. The third-order valence-corrected chi connectivity index (χ3v) is 2.94. The van der Waals surface area contributed by atoms with Crippen LogP contribution in [0.5, 0.6) is 5.75 Å². The number of rotatable bonds is 5. The monoisotopic (exact) mass is 287 g/mol. The lowest BCUT2D eigenvalue weighted by molar-refractivity contribution is 0.303. The molecule has 3 aromatic rings. The van der Waals surface area contributed by atoms with Gasteiger partial charge < -0.3 is 10.1 Å². The molecule has 1 atom stereocenters. The summed E-state index contributed by atoms with van der Waals surface area (Å²) < 4.78 is 18.4. The average molecular weight is 287 g/mol. The Balaban J connectivity index is 1.62. The molecule has 0 amide bonds. The lowest BCUT2D eigenvalue weighted by atomic mass is 10.3. The van der Waals surface area contributed by atoms with Crippen LogP contribution >= 0.6 is 0 Å². The van der Waals surface area contributed by atoms with Gasteiger partial charge in [-0.2, -0.15) is 5.10 Å². The molecule has 0 saturated carbocycles. The first-order chi connectivity index (χ1) is 10.2. The summed E-state index contributed by atoms with van der Waals surface area (Å²) in [5.41, 5.74) is 0.680. The van der Waals surface area contributed by atoms with Gasteiger partial charge in [-0.05, 0) is 31.2 Å². The Bertz CT molecular complexity index is 728. The van der Waals surface area contributed by atoms with Crippen LogP contribution in [0, 0.1) is 5.82 Å². The van der Waals surface area contributed by atoms with E-state index in [-0.39, 0.29) is 11.9 Å². The van der Waals surface area contributed by atoms with Gasteiger partial charge in [-0.1, -0.05) is 0 Å². The molecule has 0 radical (unpaired) electrons. The van der Waals surface area contributed by atoms with Crippen molar-refractivity contribution in [2.75, 3.05) is 11.9 Å². The Kier molecular flexibility index (Phi) is 3.63. The fraction of sp³-hybridized carbons (Fsp3) is 0.214. The Labute approximate surface area is 120 Å². The van der Waals surface area contributed by atoms with Gasteiger partial charge in [-0.15, -0.1) is 0 Å². The molecular weight excluding hydrogens is 273 g/mol. The SMILES string of the molecule is CC(COc1ccc(F)cc1)Nc1ncnc2[nH]ncc12. The second-order valence-corrected chi connectivity index (χ2v) is 4.66. The zero-order valence-electron chi connectivity index (χ0n) is 11.4. The third kappa shape index (κ3) is 3.07. The minimum Gasteiger partial charge on any atom is -0.491 e. The number of hydrogen-bond acceptors (Lipinski definition) is 5. The van der Waals surface area contributed by atoms with Crippen LogP contribution in [0.1, 0.15) is 6.92 Å². The molecule has 0 saturated heterocycles. The highest BCUT2D eigenvalue weighted by Gasteiger charge is 2.09. The fourth-order valence-electron chi connectivity index (χ4n) is 1.91. The molecule has 0 aliphatic heterocycles. The van der Waals surface area contributed by atoms with Crippen LogP contribution in [0.4, 0.5) is 10.2 Å². The maximum Gasteiger partial charge on any atom is 0.160 e. The predicted octanol–water partition coefficient (Wildman–Crippen LogP) is 2.37. The van der Waals surface area contributed by atoms with E-state index < -0.39 is 0 Å². The van der Waals surface area contributed by atoms with E-state index in [1.54, 1.807) is 18.3 Å². The van der Waals surface area contributed by atoms with Crippen molar-refractivity contribution in [2.24, 2.45) is 0 Å². The molecule has 0 fully saturated rings. The molecule has 6 nitrogen and oxygen atoms in total. The predicted molar refractivity (Wildman–Crippen MR) is 76.7 cm³/mol. The lowest BCUT2D eigenvalue weighted by Crippen LogP contribution is -2.24. The maximum absolute atomic E-state index is 12.8. The van der Waals surface area contributed by atoms with Crippen molar-refractivity contribution in [3.05, 3.63) is 42.6 Å². The van der Waals surface area contributed by atoms with Gasteiger partial charge >= 0.3 is 0 Å². The van der Waals surface area contributed by atoms with Crippen molar-refractivity contribution >= 4 is 16.9 Å². The molecule has 108 valence electrons. The maximum atomic E-state index is 12.8. The first-order valence-corrected chi connectivity index (χ1v) is 6.51. The van der Waals surface area contributed by atoms with Crippen molar-refractivity contribution in [1.29, 1.82) is 0 Å². The molecule has 0 bridgehead atoms. The van der Waals surface area contributed by atoms with Crippen LogP contribution in [0.25, 0.3) is 11.0 Å². The summed E-state index contributed by atoms with van der Waals surface area (Å²) in [6, 6.07) is 5.95. The highest BCUT2D eigenvalue weighted by atomic mass is 19.1. The summed E-state index contributed by atoms with van der Waals surface area (Å²) in [6.45, 7) is 2.40. The number of aromatic nitrogens is 4. The number of benzene rings is 1. The highest BCUT2D eigenvalue weighted by molar-refractivity contribution is 5.85. The summed E-state index contributed by atoms with van der Waals surface area (Å²) in [5, 5.41) is 10.8. The van der Waals surface area contributed by atoms with E-state index in [0.717, 1.165) is 5.39 Å². The van der Waals surface area contributed by atoms with Crippen molar-refractivity contribution in [3.63, 3.8) is 0 Å². The fourth-order valence-corrected chi connectivity index (χ4v) is 1.91. The van der Waals surface area contributed by atoms with Crippen molar-refractivity contribution in [2.45, 2.75) is 13.0 Å². The van der Waals surface area contributed by atoms with E-state index in [4.69, 9.17) is 4.74 Å². The minimum atomic E-state index is -0.281. The largest absolute Gasteiger partial charge is 0.491 e. The van der Waals surface area contributed by atoms with Crippen molar-refractivity contribution in [3.8, 4) is 5.75 Å². The molecule has 0 aliphatic rings. The number of aromatic amines is 1. The van der Waals surface area contributed by atoms with Crippen LogP contribution in [0.15, 0.2) is 36.8 Å². The second-order valence-electron chi connectivity index (χ2n) is 4.66. The number of fused-ring (bicyclic) bond motifs is 1. The van der Waals surface area contributed by atoms with E-state index in [0.29, 0.717) is 23.8 Å². The van der Waals surface area contributed by atoms with Gasteiger partial charge in [0.25, 0.3) is 0 Å². The topological polar surface area (TPSA) is 75.7 Å². The number of H-pyrrole nitrogens is 1. The summed E-state index contributed by atoms with van der Waals surface area (Å²) in [7, 11) is 0. The first-order valence-electron chi connectivity index (χ1n) is 6.51. The van der Waals surface area contributed by atoms with E-state index >= 15 is 0 Å². The number of halogens is 1. The Hall–Kier alpha value is -2.70. The van der Waals surface area contributed by atoms with Gasteiger partial charge in [0.05, 0.1) is 17.6 Å². The zero-order valence-corrected chi connectivity index (χ0v) is 11.4. The number of hydrogen-bond donors (Lipinski definition) is 2. The number of nitrogens with zero attached hydrogens (tertiary/aromatic N) is 3. The minimum absolute atomic E-state index is 0.0167. The molecule has 2 aromatic heterocycles. The molecule has 7 heteroatoms. The molecule has 0 spiro atoms. The molecular formula is C14H14FN5O. The standard InChI is InChI=1S/C14H14FN5O/c1-9(7-21-11-4-2-10(15)3-5-11)19-13-12-6-18-20-14(12)17-8-16-13/h2-6,8-9H,7H2,1H3,(H2,16,17,18,19,20). The normalized spacial score (nSPS) is 12.3. The molecule has 21 heavy (non-hydrogen) atoms. The highest BCUT2D eigenvalue weighted by Crippen LogP contribution is 2.17. The summed E-state index contributed by atoms with van der Waals surface area (Å²) in [5.74, 6) is 1.04. The molecule has 1 unspecified atom stereocenters. The van der Waals surface area contributed by atoms with E-state index in [2.05, 4.69) is 25.5 Å². The Morgan fingerprint density at radius 2 is 2.10 bits per heavy atom. The molecule has 1 aromatic carbocycles. The van der Waals surface area contributed by atoms with Gasteiger partial charge in [0.15, 0.2) is 5.65 Å². The second kappa shape index (κ2) is 5.74. The number of ether oxygens (including phenoxy) is 1. The molecule has 2 N–H and O–H groups in total. The van der Waals surface area contributed by atoms with Crippen LogP contribution in [0.2, 0.25) is 0 Å². The third-order valence-electron chi connectivity index (χ3n) is 2.94. The summed E-state index contributed by atoms with van der Waals surface area (Å²) in [4.78, 5) is 8.27. The van der Waals surface area contributed by atoms with Crippen LogP contribution in [-0.2, 0) is 0 Å². The Morgan fingerprint density at radius 1 is 1.29 bits per heavy atom. The lowest BCUT2D eigenvalue weighted by Gasteiger charge is -2.15. The van der Waals surface area contributed by atoms with Gasteiger partial charge in [-0.25, -0.2) is 14.4 Å². The average Bonchev–Trinajstić information content (AvgIpc) is 2.96. The molecule has 0 aliphatic carbocycles. The first kappa shape index (κ1) is 13.3. The van der Waals surface area contributed by atoms with Crippen LogP contribution in [-0.4, -0.2) is 32.8 Å². The zero-order chi connectivity index (χ0) is 14.7. The number of nitrogens with one attached hydrogen (secondary N) is 2.